The number of aliphatic carboxylic acids is 1. The summed E-state index contributed by atoms with van der Waals surface area (Å²) >= 11 is 0. The minimum absolute atomic E-state index is 0.00186. The molecule has 0 bridgehead atoms. The molecular formula is C37H35NO11. The van der Waals surface area contributed by atoms with E-state index in [2.05, 4.69) is 5.32 Å². The predicted molar refractivity (Wildman–Crippen MR) is 180 cm³/mol. The van der Waals surface area contributed by atoms with E-state index in [0.29, 0.717) is 57.5 Å². The zero-order chi connectivity index (χ0) is 35.4. The second-order valence-corrected chi connectivity index (χ2v) is 11.5. The van der Waals surface area contributed by atoms with Crippen molar-refractivity contribution < 1.29 is 55.2 Å². The number of esters is 1. The molecule has 0 amide bonds. The summed E-state index contributed by atoms with van der Waals surface area (Å²) in [5, 5.41) is 84.8. The fourth-order valence-electron chi connectivity index (χ4n) is 5.88. The number of hydrogen-bond donors (Lipinski definition) is 9. The average Bonchev–Trinajstić information content (AvgIpc) is 3.07. The van der Waals surface area contributed by atoms with Crippen LogP contribution in [0.1, 0.15) is 47.1 Å². The van der Waals surface area contributed by atoms with Crippen molar-refractivity contribution in [3.8, 4) is 51.4 Å². The van der Waals surface area contributed by atoms with E-state index in [1.54, 1.807) is 25.1 Å². The first kappa shape index (κ1) is 34.2. The lowest BCUT2D eigenvalue weighted by Crippen LogP contribution is -2.38. The van der Waals surface area contributed by atoms with Crippen molar-refractivity contribution in [3.05, 3.63) is 94.6 Å². The van der Waals surface area contributed by atoms with E-state index in [-0.39, 0.29) is 36.0 Å². The lowest BCUT2D eigenvalue weighted by Gasteiger charge is -2.24. The van der Waals surface area contributed by atoms with E-state index in [9.17, 15) is 50.4 Å². The molecule has 0 aromatic heterocycles. The van der Waals surface area contributed by atoms with Gasteiger partial charge in [0.25, 0.3) is 0 Å². The first-order chi connectivity index (χ1) is 23.4. The van der Waals surface area contributed by atoms with E-state index in [4.69, 9.17) is 4.74 Å². The molecule has 9 N–H and O–H groups in total. The van der Waals surface area contributed by atoms with Crippen LogP contribution < -0.4 is 5.32 Å². The lowest BCUT2D eigenvalue weighted by molar-refractivity contribution is -0.162. The van der Waals surface area contributed by atoms with Gasteiger partial charge in [0.05, 0.1) is 0 Å². The minimum atomic E-state index is -1.69. The molecule has 0 aliphatic heterocycles. The molecule has 12 heteroatoms. The molecule has 0 heterocycles. The summed E-state index contributed by atoms with van der Waals surface area (Å²) in [7, 11) is 0. The highest BCUT2D eigenvalue weighted by Crippen LogP contribution is 2.45. The topological polar surface area (TPSA) is 217 Å². The van der Waals surface area contributed by atoms with E-state index >= 15 is 0 Å². The number of carbonyl (C=O) groups is 2. The molecule has 0 saturated heterocycles. The average molecular weight is 670 g/mol. The molecule has 5 rings (SSSR count). The summed E-state index contributed by atoms with van der Waals surface area (Å²) in [5.74, 6) is -5.78. The highest BCUT2D eigenvalue weighted by Gasteiger charge is 2.33. The number of nitrogens with one attached hydrogen (secondary N) is 1. The smallest absolute Gasteiger partial charge is 0.345 e. The summed E-state index contributed by atoms with van der Waals surface area (Å²) in [6.07, 6.45) is 2.94. The standard InChI is InChI=1S/C37H35NO11/c1-2-38-18-28(22-7-10-29(40)30(41)14-22)36(37(47)48)49-34(45)11-8-21-15-33(44)35(46)24-9-6-20(13-25(21)24)27-17-32(43)31(42)16-26(27)19-4-3-5-23(39)12-19/h3-5,7-8,10-17,28,36,38-44,46H,2,6,9,18H2,1H3,(H,47,48)/b11-8+/t28-,36+/m0/s1. The van der Waals surface area contributed by atoms with E-state index in [1.165, 1.54) is 54.6 Å². The third kappa shape index (κ3) is 7.39. The molecule has 49 heavy (non-hydrogen) atoms. The maximum atomic E-state index is 13.1. The molecule has 12 nitrogen and oxygen atoms in total. The number of carboxylic acids is 1. The molecule has 4 aromatic carbocycles. The zero-order valence-corrected chi connectivity index (χ0v) is 26.3. The SMILES string of the molecule is CCNC[C@@H](c1ccc(O)c(O)c1)[C@@H](OC(=O)/C=C/c1cc(O)c(O)c2c1C=C(c1cc(O)c(O)cc1-c1cccc(O)c1)CC2)C(=O)O. The Balaban J connectivity index is 1.50. The molecule has 254 valence electrons. The van der Waals surface area contributed by atoms with Gasteiger partial charge < -0.3 is 50.9 Å². The predicted octanol–water partition coefficient (Wildman–Crippen LogP) is 5.18. The lowest BCUT2D eigenvalue weighted by atomic mass is 9.83. The maximum Gasteiger partial charge on any atom is 0.345 e. The Morgan fingerprint density at radius 3 is 2.22 bits per heavy atom. The van der Waals surface area contributed by atoms with Crippen molar-refractivity contribution in [2.24, 2.45) is 0 Å². The van der Waals surface area contributed by atoms with Crippen molar-refractivity contribution in [3.63, 3.8) is 0 Å². The van der Waals surface area contributed by atoms with Crippen molar-refractivity contribution >= 4 is 29.7 Å². The van der Waals surface area contributed by atoms with Gasteiger partial charge in [0.15, 0.2) is 34.5 Å². The maximum absolute atomic E-state index is 13.1. The summed E-state index contributed by atoms with van der Waals surface area (Å²) in [5.41, 5.74) is 3.72. The number of allylic oxidation sites excluding steroid dienone is 1. The third-order valence-corrected chi connectivity index (χ3v) is 8.33. The fourth-order valence-corrected chi connectivity index (χ4v) is 5.88. The van der Waals surface area contributed by atoms with E-state index < -0.39 is 41.2 Å². The van der Waals surface area contributed by atoms with Gasteiger partial charge in [0, 0.05) is 24.1 Å². The molecule has 0 unspecified atom stereocenters. The summed E-state index contributed by atoms with van der Waals surface area (Å²) < 4.78 is 5.40. The first-order valence-electron chi connectivity index (χ1n) is 15.4. The molecular weight excluding hydrogens is 634 g/mol. The van der Waals surface area contributed by atoms with Gasteiger partial charge >= 0.3 is 11.9 Å². The number of carboxylic acid groups (broad SMARTS) is 1. The van der Waals surface area contributed by atoms with Crippen molar-refractivity contribution in [2.75, 3.05) is 13.1 Å². The Hall–Kier alpha value is -6.14. The molecule has 0 saturated carbocycles. The molecule has 1 aliphatic carbocycles. The molecule has 0 fully saturated rings. The number of aromatic hydroxyl groups is 7. The number of ether oxygens (including phenoxy) is 1. The van der Waals surface area contributed by atoms with Gasteiger partial charge in [-0.1, -0.05) is 31.2 Å². The Labute approximate surface area is 280 Å². The van der Waals surface area contributed by atoms with Gasteiger partial charge in [0.2, 0.25) is 6.10 Å². The summed E-state index contributed by atoms with van der Waals surface area (Å²) in [6.45, 7) is 2.35. The molecule has 0 radical (unpaired) electrons. The van der Waals surface area contributed by atoms with Gasteiger partial charge in [-0.05, 0) is 107 Å². The van der Waals surface area contributed by atoms with Gasteiger partial charge in [-0.25, -0.2) is 9.59 Å². The van der Waals surface area contributed by atoms with Crippen LogP contribution in [-0.4, -0.2) is 72.0 Å². The van der Waals surface area contributed by atoms with E-state index in [1.807, 2.05) is 0 Å². The van der Waals surface area contributed by atoms with Crippen LogP contribution in [0, 0.1) is 0 Å². The first-order valence-corrected chi connectivity index (χ1v) is 15.4. The number of phenols is 7. The number of rotatable bonds is 11. The highest BCUT2D eigenvalue weighted by molar-refractivity contribution is 5.96. The zero-order valence-electron chi connectivity index (χ0n) is 26.3. The van der Waals surface area contributed by atoms with Crippen LogP contribution in [0.25, 0.3) is 28.9 Å². The van der Waals surface area contributed by atoms with Crippen LogP contribution in [0.3, 0.4) is 0 Å². The second-order valence-electron chi connectivity index (χ2n) is 11.5. The van der Waals surface area contributed by atoms with Gasteiger partial charge in [-0.3, -0.25) is 0 Å². The van der Waals surface area contributed by atoms with E-state index in [0.717, 1.165) is 6.08 Å². The Morgan fingerprint density at radius 2 is 1.55 bits per heavy atom. The number of fused-ring (bicyclic) bond motifs is 1. The largest absolute Gasteiger partial charge is 0.508 e. The molecule has 1 aliphatic rings. The minimum Gasteiger partial charge on any atom is -0.508 e. The number of carbonyl (C=O) groups excluding carboxylic acids is 1. The van der Waals surface area contributed by atoms with Crippen LogP contribution in [-0.2, 0) is 20.7 Å². The van der Waals surface area contributed by atoms with Gasteiger partial charge in [0.1, 0.15) is 5.75 Å². The van der Waals surface area contributed by atoms with Crippen LogP contribution in [0.2, 0.25) is 0 Å². The van der Waals surface area contributed by atoms with Crippen LogP contribution in [0.5, 0.6) is 40.2 Å². The van der Waals surface area contributed by atoms with Crippen LogP contribution in [0.4, 0.5) is 0 Å². The summed E-state index contributed by atoms with van der Waals surface area (Å²) in [4.78, 5) is 25.4. The highest BCUT2D eigenvalue weighted by atomic mass is 16.6. The number of hydrogen-bond acceptors (Lipinski definition) is 11. The molecule has 4 aromatic rings. The number of likely N-dealkylation sites (N-methyl/N-ethyl adjacent to an activating group) is 1. The Bertz CT molecular complexity index is 1980. The number of phenolic OH excluding ortho intramolecular Hbond substituents is 7. The van der Waals surface area contributed by atoms with Crippen LogP contribution >= 0.6 is 0 Å². The fraction of sp³-hybridized carbons (Fsp3) is 0.189. The molecule has 0 spiro atoms. The Morgan fingerprint density at radius 1 is 0.837 bits per heavy atom. The normalized spacial score (nSPS) is 13.8. The van der Waals surface area contributed by atoms with Crippen molar-refractivity contribution in [2.45, 2.75) is 31.8 Å². The van der Waals surface area contributed by atoms with Crippen LogP contribution in [0.15, 0.2) is 66.7 Å². The number of benzene rings is 4. The quantitative estimate of drug-likeness (QED) is 0.0573. The van der Waals surface area contributed by atoms with Gasteiger partial charge in [-0.15, -0.1) is 0 Å². The molecule has 2 atom stereocenters. The second kappa shape index (κ2) is 14.3. The Kier molecular flexibility index (Phi) is 10.00. The van der Waals surface area contributed by atoms with Gasteiger partial charge in [-0.2, -0.15) is 0 Å². The third-order valence-electron chi connectivity index (χ3n) is 8.33. The van der Waals surface area contributed by atoms with Crippen molar-refractivity contribution in [1.82, 2.24) is 5.32 Å². The summed E-state index contributed by atoms with van der Waals surface area (Å²) in [6, 6.07) is 14.2. The monoisotopic (exact) mass is 669 g/mol. The van der Waals surface area contributed by atoms with Crippen molar-refractivity contribution in [1.29, 1.82) is 0 Å².